The lowest BCUT2D eigenvalue weighted by Gasteiger charge is -2.06. The molecular weight excluding hydrogens is 238 g/mol. The summed E-state index contributed by atoms with van der Waals surface area (Å²) in [7, 11) is 0. The van der Waals surface area contributed by atoms with Crippen molar-refractivity contribution in [1.82, 2.24) is 0 Å². The monoisotopic (exact) mass is 247 g/mol. The second-order valence-electron chi connectivity index (χ2n) is 3.33. The first kappa shape index (κ1) is 11.5. The molecule has 0 heterocycles. The van der Waals surface area contributed by atoms with Gasteiger partial charge in [-0.3, -0.25) is 5.32 Å². The summed E-state index contributed by atoms with van der Waals surface area (Å²) in [5.41, 5.74) is 0.687. The Labute approximate surface area is 104 Å². The highest BCUT2D eigenvalue weighted by molar-refractivity contribution is 6.30. The summed E-state index contributed by atoms with van der Waals surface area (Å²) < 4.78 is 5.06. The first-order valence-corrected chi connectivity index (χ1v) is 5.41. The highest BCUT2D eigenvalue weighted by atomic mass is 35.5. The van der Waals surface area contributed by atoms with Gasteiger partial charge in [0.25, 0.3) is 0 Å². The Hall–Kier alpha value is -2.00. The van der Waals surface area contributed by atoms with Crippen molar-refractivity contribution < 1.29 is 9.53 Å². The Morgan fingerprint density at radius 2 is 1.65 bits per heavy atom. The second-order valence-corrected chi connectivity index (χ2v) is 3.77. The fourth-order valence-corrected chi connectivity index (χ4v) is 1.40. The standard InChI is InChI=1S/C13H10ClNO2/c14-10-6-8-12(9-7-10)17-13(16)15-11-4-2-1-3-5-11/h1-9H,(H,15,16). The van der Waals surface area contributed by atoms with E-state index in [1.54, 1.807) is 36.4 Å². The molecule has 0 aromatic heterocycles. The summed E-state index contributed by atoms with van der Waals surface area (Å²) in [4.78, 5) is 11.5. The van der Waals surface area contributed by atoms with E-state index in [0.717, 1.165) is 0 Å². The molecule has 0 aliphatic heterocycles. The molecule has 0 saturated carbocycles. The van der Waals surface area contributed by atoms with E-state index >= 15 is 0 Å². The lowest BCUT2D eigenvalue weighted by molar-refractivity contribution is 0.215. The van der Waals surface area contributed by atoms with E-state index in [2.05, 4.69) is 5.32 Å². The molecule has 4 heteroatoms. The number of benzene rings is 2. The van der Waals surface area contributed by atoms with Crippen LogP contribution in [0.5, 0.6) is 5.75 Å². The molecule has 1 N–H and O–H groups in total. The number of hydrogen-bond donors (Lipinski definition) is 1. The van der Waals surface area contributed by atoms with E-state index in [4.69, 9.17) is 16.3 Å². The number of nitrogens with one attached hydrogen (secondary N) is 1. The third kappa shape index (κ3) is 3.50. The lowest BCUT2D eigenvalue weighted by Crippen LogP contribution is -2.16. The summed E-state index contributed by atoms with van der Waals surface area (Å²) in [5.74, 6) is 0.447. The van der Waals surface area contributed by atoms with Gasteiger partial charge in [0.15, 0.2) is 0 Å². The van der Waals surface area contributed by atoms with Crippen molar-refractivity contribution in [1.29, 1.82) is 0 Å². The van der Waals surface area contributed by atoms with Crippen molar-refractivity contribution in [3.8, 4) is 5.75 Å². The van der Waals surface area contributed by atoms with Gasteiger partial charge < -0.3 is 4.74 Å². The molecule has 1 amide bonds. The van der Waals surface area contributed by atoms with Crippen LogP contribution in [0.4, 0.5) is 10.5 Å². The van der Waals surface area contributed by atoms with E-state index in [1.165, 1.54) is 0 Å². The van der Waals surface area contributed by atoms with Crippen LogP contribution in [-0.2, 0) is 0 Å². The van der Waals surface area contributed by atoms with Crippen molar-refractivity contribution in [2.24, 2.45) is 0 Å². The maximum atomic E-state index is 11.5. The minimum absolute atomic E-state index is 0.447. The van der Waals surface area contributed by atoms with Gasteiger partial charge in [-0.05, 0) is 36.4 Å². The predicted octanol–water partition coefficient (Wildman–Crippen LogP) is 3.95. The van der Waals surface area contributed by atoms with Crippen LogP contribution in [0.15, 0.2) is 54.6 Å². The number of rotatable bonds is 2. The zero-order chi connectivity index (χ0) is 12.1. The van der Waals surface area contributed by atoms with Crippen molar-refractivity contribution in [3.05, 3.63) is 59.6 Å². The molecule has 3 nitrogen and oxygen atoms in total. The molecule has 0 radical (unpaired) electrons. The van der Waals surface area contributed by atoms with Crippen LogP contribution < -0.4 is 10.1 Å². The van der Waals surface area contributed by atoms with Crippen LogP contribution in [0.3, 0.4) is 0 Å². The van der Waals surface area contributed by atoms with Crippen LogP contribution in [0.25, 0.3) is 0 Å². The fraction of sp³-hybridized carbons (Fsp3) is 0. The second kappa shape index (κ2) is 5.37. The third-order valence-corrected chi connectivity index (χ3v) is 2.30. The SMILES string of the molecule is O=C(Nc1ccccc1)Oc1ccc(Cl)cc1. The normalized spacial score (nSPS) is 9.71. The Kier molecular flexibility index (Phi) is 3.62. The molecular formula is C13H10ClNO2. The van der Waals surface area contributed by atoms with Crippen molar-refractivity contribution in [2.75, 3.05) is 5.32 Å². The number of hydrogen-bond acceptors (Lipinski definition) is 2. The molecule has 0 unspecified atom stereocenters. The summed E-state index contributed by atoms with van der Waals surface area (Å²) >= 11 is 5.72. The molecule has 2 aromatic carbocycles. The highest BCUT2D eigenvalue weighted by Crippen LogP contribution is 2.16. The minimum Gasteiger partial charge on any atom is -0.410 e. The van der Waals surface area contributed by atoms with Crippen LogP contribution in [-0.4, -0.2) is 6.09 Å². The Morgan fingerprint density at radius 3 is 2.29 bits per heavy atom. The molecule has 0 aliphatic rings. The number of amides is 1. The van der Waals surface area contributed by atoms with Crippen LogP contribution >= 0.6 is 11.6 Å². The molecule has 2 aromatic rings. The number of para-hydroxylation sites is 1. The summed E-state index contributed by atoms with van der Waals surface area (Å²) in [6, 6.07) is 15.7. The van der Waals surface area contributed by atoms with Crippen LogP contribution in [0.1, 0.15) is 0 Å². The third-order valence-electron chi connectivity index (χ3n) is 2.04. The molecule has 86 valence electrons. The first-order valence-electron chi connectivity index (χ1n) is 5.03. The van der Waals surface area contributed by atoms with Gasteiger partial charge in [0.05, 0.1) is 0 Å². The molecule has 0 atom stereocenters. The number of anilines is 1. The molecule has 0 aliphatic carbocycles. The smallest absolute Gasteiger partial charge is 0.410 e. The summed E-state index contributed by atoms with van der Waals surface area (Å²) in [6.45, 7) is 0. The van der Waals surface area contributed by atoms with Gasteiger partial charge in [0.1, 0.15) is 5.75 Å². The largest absolute Gasteiger partial charge is 0.417 e. The lowest BCUT2D eigenvalue weighted by atomic mass is 10.3. The van der Waals surface area contributed by atoms with E-state index < -0.39 is 6.09 Å². The fourth-order valence-electron chi connectivity index (χ4n) is 1.27. The predicted molar refractivity (Wildman–Crippen MR) is 67.5 cm³/mol. The first-order chi connectivity index (χ1) is 8.24. The maximum absolute atomic E-state index is 11.5. The molecule has 17 heavy (non-hydrogen) atoms. The minimum atomic E-state index is -0.529. The molecule has 0 spiro atoms. The Morgan fingerprint density at radius 1 is 1.00 bits per heavy atom. The van der Waals surface area contributed by atoms with Crippen molar-refractivity contribution in [2.45, 2.75) is 0 Å². The summed E-state index contributed by atoms with van der Waals surface area (Å²) in [6.07, 6.45) is -0.529. The Bertz CT molecular complexity index is 497. The topological polar surface area (TPSA) is 38.3 Å². The van der Waals surface area contributed by atoms with Gasteiger partial charge in [-0.1, -0.05) is 29.8 Å². The van der Waals surface area contributed by atoms with Gasteiger partial charge >= 0.3 is 6.09 Å². The van der Waals surface area contributed by atoms with Crippen LogP contribution in [0.2, 0.25) is 5.02 Å². The number of carbonyl (C=O) groups is 1. The zero-order valence-electron chi connectivity index (χ0n) is 8.89. The number of carbonyl (C=O) groups excluding carboxylic acids is 1. The quantitative estimate of drug-likeness (QED) is 0.873. The van der Waals surface area contributed by atoms with E-state index in [1.807, 2.05) is 18.2 Å². The van der Waals surface area contributed by atoms with Gasteiger partial charge in [-0.2, -0.15) is 0 Å². The Balaban J connectivity index is 1.96. The van der Waals surface area contributed by atoms with Crippen LogP contribution in [0, 0.1) is 0 Å². The van der Waals surface area contributed by atoms with Gasteiger partial charge in [-0.15, -0.1) is 0 Å². The molecule has 0 saturated heterocycles. The van der Waals surface area contributed by atoms with Gasteiger partial charge in [0, 0.05) is 10.7 Å². The maximum Gasteiger partial charge on any atom is 0.417 e. The average Bonchev–Trinajstić information content (AvgIpc) is 2.33. The zero-order valence-corrected chi connectivity index (χ0v) is 9.65. The van der Waals surface area contributed by atoms with Gasteiger partial charge in [0.2, 0.25) is 0 Å². The molecule has 2 rings (SSSR count). The van der Waals surface area contributed by atoms with E-state index in [0.29, 0.717) is 16.5 Å². The van der Waals surface area contributed by atoms with E-state index in [9.17, 15) is 4.79 Å². The van der Waals surface area contributed by atoms with E-state index in [-0.39, 0.29) is 0 Å². The molecule has 0 bridgehead atoms. The number of ether oxygens (including phenoxy) is 1. The van der Waals surface area contributed by atoms with Gasteiger partial charge in [-0.25, -0.2) is 4.79 Å². The average molecular weight is 248 g/mol. The molecule has 0 fully saturated rings. The number of halogens is 1. The van der Waals surface area contributed by atoms with Crippen molar-refractivity contribution in [3.63, 3.8) is 0 Å². The summed E-state index contributed by atoms with van der Waals surface area (Å²) in [5, 5.41) is 3.21. The van der Waals surface area contributed by atoms with Crippen molar-refractivity contribution >= 4 is 23.4 Å². The highest BCUT2D eigenvalue weighted by Gasteiger charge is 2.04.